The van der Waals surface area contributed by atoms with E-state index in [2.05, 4.69) is 6.92 Å². The molecule has 17 heavy (non-hydrogen) atoms. The highest BCUT2D eigenvalue weighted by molar-refractivity contribution is 5.70. The van der Waals surface area contributed by atoms with Crippen LogP contribution in [0.5, 0.6) is 0 Å². The summed E-state index contributed by atoms with van der Waals surface area (Å²) in [7, 11) is 0. The third-order valence-electron chi connectivity index (χ3n) is 2.80. The van der Waals surface area contributed by atoms with Crippen molar-refractivity contribution in [2.45, 2.75) is 65.4 Å². The molecule has 0 rings (SSSR count). The molecule has 0 radical (unpaired) electrons. The highest BCUT2D eigenvalue weighted by Gasteiger charge is 2.27. The van der Waals surface area contributed by atoms with Crippen molar-refractivity contribution in [2.75, 3.05) is 6.61 Å². The third kappa shape index (κ3) is 7.34. The van der Waals surface area contributed by atoms with E-state index in [4.69, 9.17) is 14.9 Å². The first-order valence-corrected chi connectivity index (χ1v) is 6.68. The van der Waals surface area contributed by atoms with Crippen LogP contribution in [0.15, 0.2) is 0 Å². The minimum absolute atomic E-state index is 0.330. The molecule has 0 aliphatic rings. The van der Waals surface area contributed by atoms with Crippen molar-refractivity contribution in [3.8, 4) is 0 Å². The van der Waals surface area contributed by atoms with Gasteiger partial charge < -0.3 is 5.11 Å². The molecule has 0 heterocycles. The van der Waals surface area contributed by atoms with Gasteiger partial charge in [-0.25, -0.2) is 9.78 Å². The standard InChI is InChI=1S/C13H26O4/c1-4-7-8-10-16-17-12(9-5-2)11(6-3)13(14)15/h11-12H,4-10H2,1-3H3,(H,14,15). The maximum absolute atomic E-state index is 11.0. The fraction of sp³-hybridized carbons (Fsp3) is 0.923. The quantitative estimate of drug-likeness (QED) is 0.345. The van der Waals surface area contributed by atoms with Gasteiger partial charge in [0.1, 0.15) is 6.10 Å². The van der Waals surface area contributed by atoms with Gasteiger partial charge in [-0.3, -0.25) is 4.79 Å². The maximum atomic E-state index is 11.0. The van der Waals surface area contributed by atoms with Gasteiger partial charge in [-0.15, -0.1) is 0 Å². The highest BCUT2D eigenvalue weighted by atomic mass is 17.2. The molecule has 0 aromatic rings. The Morgan fingerprint density at radius 3 is 2.35 bits per heavy atom. The molecule has 102 valence electrons. The lowest BCUT2D eigenvalue weighted by Gasteiger charge is -2.21. The predicted molar refractivity (Wildman–Crippen MR) is 66.7 cm³/mol. The largest absolute Gasteiger partial charge is 0.481 e. The zero-order valence-corrected chi connectivity index (χ0v) is 11.3. The van der Waals surface area contributed by atoms with E-state index in [9.17, 15) is 4.79 Å². The number of rotatable bonds is 11. The lowest BCUT2D eigenvalue weighted by molar-refractivity contribution is -0.333. The Morgan fingerprint density at radius 1 is 1.18 bits per heavy atom. The van der Waals surface area contributed by atoms with Crippen LogP contribution in [-0.4, -0.2) is 23.8 Å². The SMILES string of the molecule is CCCCCOOC(CCC)C(CC)C(=O)O. The van der Waals surface area contributed by atoms with Gasteiger partial charge in [0.15, 0.2) is 0 Å². The number of aliphatic carboxylic acids is 1. The van der Waals surface area contributed by atoms with Crippen LogP contribution in [0.2, 0.25) is 0 Å². The molecule has 0 saturated carbocycles. The van der Waals surface area contributed by atoms with E-state index in [0.29, 0.717) is 13.0 Å². The highest BCUT2D eigenvalue weighted by Crippen LogP contribution is 2.18. The molecular weight excluding hydrogens is 220 g/mol. The molecule has 0 aliphatic carbocycles. The minimum atomic E-state index is -0.803. The van der Waals surface area contributed by atoms with Crippen LogP contribution in [0.25, 0.3) is 0 Å². The first-order chi connectivity index (χ1) is 8.17. The molecule has 0 bridgehead atoms. The number of carboxylic acids is 1. The normalized spacial score (nSPS) is 14.5. The van der Waals surface area contributed by atoms with Crippen molar-refractivity contribution in [1.29, 1.82) is 0 Å². The molecule has 4 heteroatoms. The Hall–Kier alpha value is -0.610. The van der Waals surface area contributed by atoms with Gasteiger partial charge in [-0.05, 0) is 19.3 Å². The van der Waals surface area contributed by atoms with Gasteiger partial charge in [0.2, 0.25) is 0 Å². The van der Waals surface area contributed by atoms with Gasteiger partial charge in [-0.2, -0.15) is 0 Å². The molecule has 2 unspecified atom stereocenters. The zero-order chi connectivity index (χ0) is 13.1. The topological polar surface area (TPSA) is 55.8 Å². The summed E-state index contributed by atoms with van der Waals surface area (Å²) in [6.07, 6.45) is 5.05. The van der Waals surface area contributed by atoms with Crippen molar-refractivity contribution in [3.05, 3.63) is 0 Å². The Bertz CT molecular complexity index is 194. The van der Waals surface area contributed by atoms with E-state index in [1.165, 1.54) is 0 Å². The molecular formula is C13H26O4. The fourth-order valence-electron chi connectivity index (χ4n) is 1.74. The maximum Gasteiger partial charge on any atom is 0.309 e. The number of carbonyl (C=O) groups is 1. The minimum Gasteiger partial charge on any atom is -0.481 e. The number of carboxylic acid groups (broad SMARTS) is 1. The lowest BCUT2D eigenvalue weighted by atomic mass is 9.96. The first-order valence-electron chi connectivity index (χ1n) is 6.68. The second-order valence-corrected chi connectivity index (χ2v) is 4.31. The lowest BCUT2D eigenvalue weighted by Crippen LogP contribution is -2.30. The second kappa shape index (κ2) is 10.5. The Morgan fingerprint density at radius 2 is 1.88 bits per heavy atom. The molecule has 0 aromatic heterocycles. The molecule has 4 nitrogen and oxygen atoms in total. The Kier molecular flexibility index (Phi) is 10.2. The van der Waals surface area contributed by atoms with Crippen LogP contribution in [0.1, 0.15) is 59.3 Å². The fourth-order valence-corrected chi connectivity index (χ4v) is 1.74. The van der Waals surface area contributed by atoms with Gasteiger partial charge in [-0.1, -0.05) is 40.0 Å². The van der Waals surface area contributed by atoms with E-state index in [-0.39, 0.29) is 6.10 Å². The smallest absolute Gasteiger partial charge is 0.309 e. The summed E-state index contributed by atoms with van der Waals surface area (Å²) in [5.41, 5.74) is 0. The monoisotopic (exact) mass is 246 g/mol. The van der Waals surface area contributed by atoms with Gasteiger partial charge in [0.25, 0.3) is 0 Å². The summed E-state index contributed by atoms with van der Waals surface area (Å²) in [5, 5.41) is 9.08. The van der Waals surface area contributed by atoms with Crippen LogP contribution >= 0.6 is 0 Å². The number of unbranched alkanes of at least 4 members (excludes halogenated alkanes) is 2. The van der Waals surface area contributed by atoms with Crippen molar-refractivity contribution in [1.82, 2.24) is 0 Å². The van der Waals surface area contributed by atoms with E-state index in [0.717, 1.165) is 32.1 Å². The molecule has 0 spiro atoms. The molecule has 0 saturated heterocycles. The number of hydrogen-bond donors (Lipinski definition) is 1. The van der Waals surface area contributed by atoms with Crippen molar-refractivity contribution in [3.63, 3.8) is 0 Å². The second-order valence-electron chi connectivity index (χ2n) is 4.31. The van der Waals surface area contributed by atoms with E-state index < -0.39 is 11.9 Å². The van der Waals surface area contributed by atoms with Crippen LogP contribution in [0, 0.1) is 5.92 Å². The summed E-state index contributed by atoms with van der Waals surface area (Å²) < 4.78 is 0. The average Bonchev–Trinajstić information content (AvgIpc) is 2.29. The van der Waals surface area contributed by atoms with Crippen LogP contribution in [0.3, 0.4) is 0 Å². The van der Waals surface area contributed by atoms with Crippen molar-refractivity contribution < 1.29 is 19.7 Å². The van der Waals surface area contributed by atoms with Gasteiger partial charge in [0.05, 0.1) is 12.5 Å². The summed E-state index contributed by atoms with van der Waals surface area (Å²) >= 11 is 0. The summed E-state index contributed by atoms with van der Waals surface area (Å²) in [5.74, 6) is -1.27. The molecule has 0 amide bonds. The van der Waals surface area contributed by atoms with E-state index in [1.54, 1.807) is 0 Å². The molecule has 0 aliphatic heterocycles. The summed E-state index contributed by atoms with van der Waals surface area (Å²) in [6.45, 7) is 6.55. The van der Waals surface area contributed by atoms with Crippen LogP contribution in [0.4, 0.5) is 0 Å². The van der Waals surface area contributed by atoms with E-state index >= 15 is 0 Å². The van der Waals surface area contributed by atoms with Gasteiger partial charge in [0, 0.05) is 0 Å². The average molecular weight is 246 g/mol. The predicted octanol–water partition coefficient (Wildman–Crippen LogP) is 3.40. The summed E-state index contributed by atoms with van der Waals surface area (Å²) in [4.78, 5) is 21.4. The van der Waals surface area contributed by atoms with Gasteiger partial charge >= 0.3 is 5.97 Å². The van der Waals surface area contributed by atoms with Crippen molar-refractivity contribution >= 4 is 5.97 Å². The molecule has 2 atom stereocenters. The first kappa shape index (κ1) is 16.4. The Labute approximate surface area is 104 Å². The third-order valence-corrected chi connectivity index (χ3v) is 2.80. The molecule has 1 N–H and O–H groups in total. The molecule has 0 aromatic carbocycles. The van der Waals surface area contributed by atoms with Crippen LogP contribution < -0.4 is 0 Å². The van der Waals surface area contributed by atoms with Crippen molar-refractivity contribution in [2.24, 2.45) is 5.92 Å². The zero-order valence-electron chi connectivity index (χ0n) is 11.3. The molecule has 0 fully saturated rings. The summed E-state index contributed by atoms with van der Waals surface area (Å²) in [6, 6.07) is 0. The van der Waals surface area contributed by atoms with E-state index in [1.807, 2.05) is 13.8 Å². The van der Waals surface area contributed by atoms with Crippen LogP contribution in [-0.2, 0) is 14.6 Å². The number of hydrogen-bond acceptors (Lipinski definition) is 3. The Balaban J connectivity index is 3.99.